The van der Waals surface area contributed by atoms with Crippen LogP contribution in [0.5, 0.6) is 0 Å². The van der Waals surface area contributed by atoms with Crippen molar-refractivity contribution in [2.24, 2.45) is 5.10 Å². The summed E-state index contributed by atoms with van der Waals surface area (Å²) in [6.07, 6.45) is 2.06. The van der Waals surface area contributed by atoms with E-state index in [1.165, 1.54) is 30.5 Å². The molecule has 1 aromatic rings. The zero-order valence-corrected chi connectivity index (χ0v) is 10.8. The Balaban J connectivity index is 2.45. The van der Waals surface area contributed by atoms with Gasteiger partial charge in [0.05, 0.1) is 6.21 Å². The van der Waals surface area contributed by atoms with Gasteiger partial charge >= 0.3 is 11.8 Å². The maximum absolute atomic E-state index is 12.6. The number of hydrazone groups is 1. The van der Waals surface area contributed by atoms with E-state index in [0.717, 1.165) is 6.42 Å². The van der Waals surface area contributed by atoms with Crippen molar-refractivity contribution in [2.45, 2.75) is 26.3 Å². The van der Waals surface area contributed by atoms with Gasteiger partial charge in [0.15, 0.2) is 0 Å². The molecular weight excluding hydrogens is 249 g/mol. The summed E-state index contributed by atoms with van der Waals surface area (Å²) in [6.45, 7) is 3.70. The maximum Gasteiger partial charge on any atom is 0.329 e. The summed E-state index contributed by atoms with van der Waals surface area (Å²) >= 11 is 0. The third kappa shape index (κ3) is 5.29. The Labute approximate surface area is 110 Å². The molecule has 6 heteroatoms. The van der Waals surface area contributed by atoms with Gasteiger partial charge in [-0.1, -0.05) is 19.1 Å². The lowest BCUT2D eigenvalue weighted by molar-refractivity contribution is -0.139. The van der Waals surface area contributed by atoms with Crippen molar-refractivity contribution in [3.05, 3.63) is 35.6 Å². The minimum atomic E-state index is -0.835. The molecule has 0 saturated heterocycles. The predicted molar refractivity (Wildman–Crippen MR) is 70.0 cm³/mol. The molecule has 1 rings (SSSR count). The van der Waals surface area contributed by atoms with Gasteiger partial charge in [-0.2, -0.15) is 5.10 Å². The van der Waals surface area contributed by atoms with Crippen LogP contribution in [0.4, 0.5) is 4.39 Å². The molecule has 0 aliphatic heterocycles. The number of rotatable bonds is 4. The SMILES string of the molecule is CC[C@@H](C)NC(=O)C(=O)N/N=C\c1ccc(F)cc1. The van der Waals surface area contributed by atoms with Crippen LogP contribution >= 0.6 is 0 Å². The highest BCUT2D eigenvalue weighted by atomic mass is 19.1. The Bertz CT molecular complexity index is 471. The Morgan fingerprint density at radius 3 is 2.53 bits per heavy atom. The number of halogens is 1. The second kappa shape index (κ2) is 7.25. The first-order valence-corrected chi connectivity index (χ1v) is 5.92. The number of hydrogen-bond donors (Lipinski definition) is 2. The molecule has 0 spiro atoms. The average Bonchev–Trinajstić information content (AvgIpc) is 2.40. The van der Waals surface area contributed by atoms with Crippen LogP contribution < -0.4 is 10.7 Å². The van der Waals surface area contributed by atoms with Crippen LogP contribution in [0.2, 0.25) is 0 Å². The molecule has 0 aromatic heterocycles. The van der Waals surface area contributed by atoms with E-state index in [1.807, 2.05) is 6.92 Å². The molecular formula is C13H16FN3O2. The van der Waals surface area contributed by atoms with Gasteiger partial charge in [0.2, 0.25) is 0 Å². The van der Waals surface area contributed by atoms with E-state index in [0.29, 0.717) is 5.56 Å². The highest BCUT2D eigenvalue weighted by molar-refractivity contribution is 6.35. The van der Waals surface area contributed by atoms with Crippen molar-refractivity contribution < 1.29 is 14.0 Å². The first-order valence-electron chi connectivity index (χ1n) is 5.92. The van der Waals surface area contributed by atoms with Gasteiger partial charge in [-0.05, 0) is 31.0 Å². The van der Waals surface area contributed by atoms with Crippen molar-refractivity contribution in [3.8, 4) is 0 Å². The van der Waals surface area contributed by atoms with E-state index < -0.39 is 11.8 Å². The average molecular weight is 265 g/mol. The van der Waals surface area contributed by atoms with Gasteiger partial charge in [-0.25, -0.2) is 9.82 Å². The molecule has 2 N–H and O–H groups in total. The molecule has 102 valence electrons. The van der Waals surface area contributed by atoms with Crippen LogP contribution in [0.25, 0.3) is 0 Å². The number of carbonyl (C=O) groups is 2. The largest absolute Gasteiger partial charge is 0.345 e. The van der Waals surface area contributed by atoms with Crippen LogP contribution in [0.3, 0.4) is 0 Å². The zero-order valence-electron chi connectivity index (χ0n) is 10.8. The fraction of sp³-hybridized carbons (Fsp3) is 0.308. The lowest BCUT2D eigenvalue weighted by atomic mass is 10.2. The summed E-state index contributed by atoms with van der Waals surface area (Å²) in [5.41, 5.74) is 2.71. The van der Waals surface area contributed by atoms with Crippen LogP contribution in [-0.4, -0.2) is 24.1 Å². The number of carbonyl (C=O) groups excluding carboxylic acids is 2. The smallest absolute Gasteiger partial charge is 0.329 e. The quantitative estimate of drug-likeness (QED) is 0.487. The van der Waals surface area contributed by atoms with Gasteiger partial charge in [0.25, 0.3) is 0 Å². The molecule has 2 amide bonds. The van der Waals surface area contributed by atoms with Crippen molar-refractivity contribution >= 4 is 18.0 Å². The second-order valence-electron chi connectivity index (χ2n) is 4.03. The Morgan fingerprint density at radius 1 is 1.32 bits per heavy atom. The molecule has 1 atom stereocenters. The number of nitrogens with zero attached hydrogens (tertiary/aromatic N) is 1. The minimum absolute atomic E-state index is 0.0701. The van der Waals surface area contributed by atoms with Crippen molar-refractivity contribution in [2.75, 3.05) is 0 Å². The molecule has 0 aliphatic rings. The monoisotopic (exact) mass is 265 g/mol. The van der Waals surface area contributed by atoms with E-state index in [-0.39, 0.29) is 11.9 Å². The maximum atomic E-state index is 12.6. The lowest BCUT2D eigenvalue weighted by Gasteiger charge is -2.09. The summed E-state index contributed by atoms with van der Waals surface area (Å²) in [6, 6.07) is 5.49. The topological polar surface area (TPSA) is 70.6 Å². The van der Waals surface area contributed by atoms with Crippen LogP contribution in [0, 0.1) is 5.82 Å². The molecule has 0 aliphatic carbocycles. The fourth-order valence-corrected chi connectivity index (χ4v) is 1.16. The lowest BCUT2D eigenvalue weighted by Crippen LogP contribution is -2.41. The molecule has 0 saturated carbocycles. The summed E-state index contributed by atoms with van der Waals surface area (Å²) in [5.74, 6) is -1.92. The number of amides is 2. The second-order valence-corrected chi connectivity index (χ2v) is 4.03. The standard InChI is InChI=1S/C13H16FN3O2/c1-3-9(2)16-12(18)13(19)17-15-8-10-4-6-11(14)7-5-10/h4-9H,3H2,1-2H3,(H,16,18)(H,17,19)/b15-8-/t9-/m1/s1. The minimum Gasteiger partial charge on any atom is -0.345 e. The summed E-state index contributed by atoms with van der Waals surface area (Å²) in [5, 5.41) is 6.13. The van der Waals surface area contributed by atoms with E-state index >= 15 is 0 Å². The molecule has 0 heterocycles. The first-order chi connectivity index (χ1) is 9.02. The van der Waals surface area contributed by atoms with Crippen LogP contribution in [0.15, 0.2) is 29.4 Å². The molecule has 0 radical (unpaired) electrons. The van der Waals surface area contributed by atoms with Gasteiger partial charge < -0.3 is 5.32 Å². The van der Waals surface area contributed by atoms with Crippen LogP contribution in [-0.2, 0) is 9.59 Å². The number of hydrogen-bond acceptors (Lipinski definition) is 3. The third-order valence-electron chi connectivity index (χ3n) is 2.45. The molecule has 19 heavy (non-hydrogen) atoms. The Morgan fingerprint density at radius 2 is 1.95 bits per heavy atom. The first kappa shape index (κ1) is 14.8. The van der Waals surface area contributed by atoms with Crippen LogP contribution in [0.1, 0.15) is 25.8 Å². The van der Waals surface area contributed by atoms with E-state index in [2.05, 4.69) is 15.8 Å². The molecule has 1 aromatic carbocycles. The van der Waals surface area contributed by atoms with E-state index in [9.17, 15) is 14.0 Å². The van der Waals surface area contributed by atoms with Gasteiger partial charge in [-0.15, -0.1) is 0 Å². The third-order valence-corrected chi connectivity index (χ3v) is 2.45. The van der Waals surface area contributed by atoms with Gasteiger partial charge in [0, 0.05) is 6.04 Å². The highest BCUT2D eigenvalue weighted by Crippen LogP contribution is 1.99. The fourth-order valence-electron chi connectivity index (χ4n) is 1.16. The number of nitrogens with one attached hydrogen (secondary N) is 2. The van der Waals surface area contributed by atoms with E-state index in [1.54, 1.807) is 6.92 Å². The summed E-state index contributed by atoms with van der Waals surface area (Å²) < 4.78 is 12.6. The Hall–Kier alpha value is -2.24. The molecule has 5 nitrogen and oxygen atoms in total. The summed E-state index contributed by atoms with van der Waals surface area (Å²) in [4.78, 5) is 22.7. The normalized spacial score (nSPS) is 12.2. The molecule has 0 bridgehead atoms. The Kier molecular flexibility index (Phi) is 5.66. The van der Waals surface area contributed by atoms with Crippen molar-refractivity contribution in [1.82, 2.24) is 10.7 Å². The highest BCUT2D eigenvalue weighted by Gasteiger charge is 2.14. The van der Waals surface area contributed by atoms with E-state index in [4.69, 9.17) is 0 Å². The summed E-state index contributed by atoms with van der Waals surface area (Å²) in [7, 11) is 0. The molecule has 0 fully saturated rings. The van der Waals surface area contributed by atoms with Crippen molar-refractivity contribution in [3.63, 3.8) is 0 Å². The molecule has 0 unspecified atom stereocenters. The number of benzene rings is 1. The zero-order chi connectivity index (χ0) is 14.3. The predicted octanol–water partition coefficient (Wildman–Crippen LogP) is 1.19. The van der Waals surface area contributed by atoms with Crippen molar-refractivity contribution in [1.29, 1.82) is 0 Å². The van der Waals surface area contributed by atoms with Gasteiger partial charge in [-0.3, -0.25) is 9.59 Å². The van der Waals surface area contributed by atoms with Gasteiger partial charge in [0.1, 0.15) is 5.82 Å².